The van der Waals surface area contributed by atoms with Crippen LogP contribution in [0.15, 0.2) is 47.8 Å². The second-order valence-electron chi connectivity index (χ2n) is 7.18. The summed E-state index contributed by atoms with van der Waals surface area (Å²) in [5.74, 6) is 0.316. The minimum atomic E-state index is -0.451. The van der Waals surface area contributed by atoms with Gasteiger partial charge >= 0.3 is 0 Å². The Morgan fingerprint density at radius 3 is 2.89 bits per heavy atom. The van der Waals surface area contributed by atoms with Gasteiger partial charge in [-0.3, -0.25) is 0 Å². The molecule has 0 unspecified atom stereocenters. The van der Waals surface area contributed by atoms with Gasteiger partial charge in [0.25, 0.3) is 0 Å². The summed E-state index contributed by atoms with van der Waals surface area (Å²) in [6.07, 6.45) is 10.7. The Morgan fingerprint density at radius 1 is 1.44 bits per heavy atom. The summed E-state index contributed by atoms with van der Waals surface area (Å²) in [6, 6.07) is 1.99. The van der Waals surface area contributed by atoms with Crippen molar-refractivity contribution >= 4 is 28.3 Å². The summed E-state index contributed by atoms with van der Waals surface area (Å²) in [4.78, 5) is 11.9. The molecule has 27 heavy (non-hydrogen) atoms. The molecule has 6 heteroatoms. The molecule has 2 N–H and O–H groups in total. The third-order valence-corrected chi connectivity index (χ3v) is 5.50. The molecule has 0 saturated heterocycles. The highest BCUT2D eigenvalue weighted by molar-refractivity contribution is 6.31. The van der Waals surface area contributed by atoms with E-state index in [1.165, 1.54) is 38.2 Å². The summed E-state index contributed by atoms with van der Waals surface area (Å²) in [5.41, 5.74) is 2.25. The highest BCUT2D eigenvalue weighted by Crippen LogP contribution is 2.27. The fraction of sp³-hybridized carbons (Fsp3) is 0.429. The molecule has 2 aromatic rings. The molecule has 4 nitrogen and oxygen atoms in total. The summed E-state index contributed by atoms with van der Waals surface area (Å²) >= 11 is 6.07. The number of rotatable bonds is 6. The molecule has 2 heterocycles. The van der Waals surface area contributed by atoms with Gasteiger partial charge in [0.2, 0.25) is 0 Å². The molecular weight excluding hydrogens is 363 g/mol. The van der Waals surface area contributed by atoms with E-state index in [0.717, 1.165) is 16.6 Å². The molecule has 0 bridgehead atoms. The third kappa shape index (κ3) is 4.59. The van der Waals surface area contributed by atoms with E-state index >= 15 is 0 Å². The Bertz CT molecular complexity index is 877. The van der Waals surface area contributed by atoms with Crippen LogP contribution >= 0.6 is 11.6 Å². The molecule has 1 aliphatic rings. The number of hydrogen-bond donors (Lipinski definition) is 2. The van der Waals surface area contributed by atoms with Gasteiger partial charge in [-0.2, -0.15) is 0 Å². The maximum Gasteiger partial charge on any atom is 0.164 e. The fourth-order valence-corrected chi connectivity index (χ4v) is 3.88. The minimum Gasteiger partial charge on any atom is -0.365 e. The quantitative estimate of drug-likeness (QED) is 0.477. The molecular formula is C21H26ClFN4. The summed E-state index contributed by atoms with van der Waals surface area (Å²) in [5, 5.41) is 4.70. The van der Waals surface area contributed by atoms with Crippen molar-refractivity contribution in [2.75, 3.05) is 0 Å². The normalized spacial score (nSPS) is 18.3. The average Bonchev–Trinajstić information content (AvgIpc) is 3.10. The van der Waals surface area contributed by atoms with E-state index in [1.807, 2.05) is 19.2 Å². The maximum absolute atomic E-state index is 14.5. The lowest BCUT2D eigenvalue weighted by molar-refractivity contribution is 0.291. The second-order valence-corrected chi connectivity index (χ2v) is 7.62. The van der Waals surface area contributed by atoms with E-state index in [0.29, 0.717) is 16.7 Å². The number of aliphatic imine (C=N–C) groups is 1. The zero-order valence-electron chi connectivity index (χ0n) is 15.9. The van der Waals surface area contributed by atoms with Crippen LogP contribution in [-0.2, 0) is 0 Å². The zero-order chi connectivity index (χ0) is 19.4. The lowest BCUT2D eigenvalue weighted by Gasteiger charge is -2.29. The number of H-pyrrole nitrogens is 1. The van der Waals surface area contributed by atoms with Crippen molar-refractivity contribution in [1.82, 2.24) is 15.3 Å². The largest absolute Gasteiger partial charge is 0.365 e. The molecule has 0 aromatic carbocycles. The van der Waals surface area contributed by atoms with Gasteiger partial charge in [-0.05, 0) is 44.7 Å². The highest BCUT2D eigenvalue weighted by atomic mass is 35.5. The molecule has 2 aromatic heterocycles. The predicted octanol–water partition coefficient (Wildman–Crippen LogP) is 5.91. The van der Waals surface area contributed by atoms with Gasteiger partial charge in [0.1, 0.15) is 5.65 Å². The minimum absolute atomic E-state index is 0.154. The van der Waals surface area contributed by atoms with E-state index in [4.69, 9.17) is 11.6 Å². The smallest absolute Gasteiger partial charge is 0.164 e. The van der Waals surface area contributed by atoms with E-state index < -0.39 is 5.83 Å². The predicted molar refractivity (Wildman–Crippen MR) is 111 cm³/mol. The number of halogens is 2. The zero-order valence-corrected chi connectivity index (χ0v) is 16.6. The van der Waals surface area contributed by atoms with Crippen LogP contribution in [0.4, 0.5) is 4.39 Å². The van der Waals surface area contributed by atoms with Crippen molar-refractivity contribution in [3.8, 4) is 0 Å². The number of pyridine rings is 1. The number of aromatic amines is 1. The first-order valence-electron chi connectivity index (χ1n) is 9.46. The van der Waals surface area contributed by atoms with Crippen molar-refractivity contribution in [2.24, 2.45) is 10.9 Å². The van der Waals surface area contributed by atoms with E-state index in [2.05, 4.69) is 33.8 Å². The van der Waals surface area contributed by atoms with E-state index in [1.54, 1.807) is 6.20 Å². The summed E-state index contributed by atoms with van der Waals surface area (Å²) in [7, 11) is 0. The lowest BCUT2D eigenvalue weighted by atomic mass is 9.84. The van der Waals surface area contributed by atoms with Crippen molar-refractivity contribution in [3.63, 3.8) is 0 Å². The standard InChI is InChI=1S/C21H26ClFN4/c1-4-19(23)21(26-13(2)15-8-6-5-7-9-15)27-14(3)18-12-25-20-17(18)10-16(22)11-24-20/h4,10-13,15,26H,1,5-9H2,2-3H3,(H,24,25)/b21-19+,27-14?/t13-/m0/s1. The third-order valence-electron chi connectivity index (χ3n) is 5.29. The van der Waals surface area contributed by atoms with Crippen LogP contribution in [0.5, 0.6) is 0 Å². The van der Waals surface area contributed by atoms with Gasteiger partial charge in [-0.25, -0.2) is 14.4 Å². The number of aromatic nitrogens is 2. The SMILES string of the molecule is C=C/C(F)=C(\N=C(C)c1c[nH]c2ncc(Cl)cc12)N[C@@H](C)C1CCCCC1. The second kappa shape index (κ2) is 8.70. The van der Waals surface area contributed by atoms with Gasteiger partial charge in [0.05, 0.1) is 5.02 Å². The monoisotopic (exact) mass is 388 g/mol. The number of nitrogens with one attached hydrogen (secondary N) is 2. The van der Waals surface area contributed by atoms with Gasteiger partial charge in [-0.1, -0.05) is 37.4 Å². The van der Waals surface area contributed by atoms with Crippen LogP contribution in [0, 0.1) is 5.92 Å². The molecule has 0 aliphatic heterocycles. The van der Waals surface area contributed by atoms with Crippen molar-refractivity contribution in [3.05, 3.63) is 53.3 Å². The van der Waals surface area contributed by atoms with Crippen LogP contribution in [0.3, 0.4) is 0 Å². The molecule has 144 valence electrons. The number of allylic oxidation sites excluding steroid dienone is 2. The van der Waals surface area contributed by atoms with Crippen LogP contribution < -0.4 is 5.32 Å². The first-order valence-corrected chi connectivity index (χ1v) is 9.84. The Labute approximate surface area is 164 Å². The lowest BCUT2D eigenvalue weighted by Crippen LogP contribution is -2.34. The number of nitrogens with zero attached hydrogens (tertiary/aromatic N) is 2. The fourth-order valence-electron chi connectivity index (χ4n) is 3.72. The van der Waals surface area contributed by atoms with E-state index in [-0.39, 0.29) is 11.9 Å². The summed E-state index contributed by atoms with van der Waals surface area (Å²) in [6.45, 7) is 7.51. The van der Waals surface area contributed by atoms with Gasteiger partial charge in [0.15, 0.2) is 11.6 Å². The molecule has 1 aliphatic carbocycles. The molecule has 1 saturated carbocycles. The Balaban J connectivity index is 1.88. The topological polar surface area (TPSA) is 53.1 Å². The number of hydrogen-bond acceptors (Lipinski definition) is 3. The van der Waals surface area contributed by atoms with Gasteiger partial charge in [-0.15, -0.1) is 0 Å². The molecule has 3 rings (SSSR count). The molecule has 0 amide bonds. The maximum atomic E-state index is 14.5. The first-order chi connectivity index (χ1) is 13.0. The average molecular weight is 389 g/mol. The van der Waals surface area contributed by atoms with Crippen LogP contribution in [-0.4, -0.2) is 21.7 Å². The Hall–Kier alpha value is -2.14. The van der Waals surface area contributed by atoms with Crippen LogP contribution in [0.2, 0.25) is 5.02 Å². The van der Waals surface area contributed by atoms with Crippen LogP contribution in [0.1, 0.15) is 51.5 Å². The van der Waals surface area contributed by atoms with Crippen LogP contribution in [0.25, 0.3) is 11.0 Å². The molecule has 0 radical (unpaired) electrons. The van der Waals surface area contributed by atoms with Crippen molar-refractivity contribution in [1.29, 1.82) is 0 Å². The van der Waals surface area contributed by atoms with Crippen molar-refractivity contribution < 1.29 is 4.39 Å². The molecule has 0 spiro atoms. The Morgan fingerprint density at radius 2 is 2.19 bits per heavy atom. The van der Waals surface area contributed by atoms with Crippen molar-refractivity contribution in [2.45, 2.75) is 52.0 Å². The van der Waals surface area contributed by atoms with E-state index in [9.17, 15) is 4.39 Å². The highest BCUT2D eigenvalue weighted by Gasteiger charge is 2.21. The summed E-state index contributed by atoms with van der Waals surface area (Å²) < 4.78 is 14.5. The first kappa shape index (κ1) is 19.6. The molecule has 1 fully saturated rings. The van der Waals surface area contributed by atoms with Gasteiger partial charge < -0.3 is 10.3 Å². The molecule has 1 atom stereocenters. The Kier molecular flexibility index (Phi) is 6.32. The number of fused-ring (bicyclic) bond motifs is 1. The van der Waals surface area contributed by atoms with Gasteiger partial charge in [0, 0.05) is 35.1 Å².